The van der Waals surface area contributed by atoms with Gasteiger partial charge in [0.2, 0.25) is 5.76 Å². The topological polar surface area (TPSA) is 112 Å². The van der Waals surface area contributed by atoms with Crippen LogP contribution in [0.15, 0.2) is 15.4 Å². The molecule has 0 aliphatic carbocycles. The third kappa shape index (κ3) is 3.82. The number of rotatable bonds is 6. The highest BCUT2D eigenvalue weighted by Crippen LogP contribution is 2.20. The van der Waals surface area contributed by atoms with Crippen molar-refractivity contribution in [2.75, 3.05) is 14.2 Å². The Kier molecular flexibility index (Phi) is 5.50. The van der Waals surface area contributed by atoms with Gasteiger partial charge < -0.3 is 13.9 Å². The molecule has 118 valence electrons. The van der Waals surface area contributed by atoms with Gasteiger partial charge in [-0.25, -0.2) is 17.9 Å². The van der Waals surface area contributed by atoms with E-state index in [1.54, 1.807) is 6.92 Å². The minimum absolute atomic E-state index is 0.0267. The molecule has 1 aromatic heterocycles. The fourth-order valence-corrected chi connectivity index (χ4v) is 2.83. The highest BCUT2D eigenvalue weighted by atomic mass is 32.2. The van der Waals surface area contributed by atoms with Crippen LogP contribution in [0, 0.1) is 6.92 Å². The summed E-state index contributed by atoms with van der Waals surface area (Å²) >= 11 is 0. The van der Waals surface area contributed by atoms with Gasteiger partial charge in [0, 0.05) is 13.2 Å². The second-order valence-electron chi connectivity index (χ2n) is 4.13. The Bertz CT molecular complexity index is 628. The number of ether oxygens (including phenoxy) is 2. The van der Waals surface area contributed by atoms with E-state index in [1.165, 1.54) is 14.0 Å². The van der Waals surface area contributed by atoms with Gasteiger partial charge in [-0.05, 0) is 13.3 Å². The summed E-state index contributed by atoms with van der Waals surface area (Å²) in [6.07, 6.45) is -0.567. The van der Waals surface area contributed by atoms with E-state index in [-0.39, 0.29) is 16.4 Å². The Morgan fingerprint density at radius 3 is 2.48 bits per heavy atom. The number of methoxy groups -OCH3 is 2. The smallest absolute Gasteiger partial charge is 0.373 e. The third-order valence-electron chi connectivity index (χ3n) is 2.73. The van der Waals surface area contributed by atoms with Crippen molar-refractivity contribution in [3.8, 4) is 0 Å². The Morgan fingerprint density at radius 2 is 2.00 bits per heavy atom. The summed E-state index contributed by atoms with van der Waals surface area (Å²) in [4.78, 5) is 22.8. The van der Waals surface area contributed by atoms with Crippen molar-refractivity contribution in [1.82, 2.24) is 4.72 Å². The van der Waals surface area contributed by atoms with E-state index in [0.717, 1.165) is 13.2 Å². The second kappa shape index (κ2) is 6.72. The maximum absolute atomic E-state index is 12.1. The van der Waals surface area contributed by atoms with Crippen LogP contribution in [0.3, 0.4) is 0 Å². The van der Waals surface area contributed by atoms with E-state index >= 15 is 0 Å². The van der Waals surface area contributed by atoms with E-state index in [2.05, 4.69) is 4.74 Å². The Labute approximate surface area is 122 Å². The van der Waals surface area contributed by atoms with Crippen LogP contribution in [0.25, 0.3) is 0 Å². The largest absolute Gasteiger partial charge is 0.463 e. The van der Waals surface area contributed by atoms with Crippen LogP contribution in [0.2, 0.25) is 0 Å². The number of aryl methyl sites for hydroxylation is 1. The van der Waals surface area contributed by atoms with Crippen LogP contribution < -0.4 is 4.72 Å². The van der Waals surface area contributed by atoms with Gasteiger partial charge >= 0.3 is 5.97 Å². The summed E-state index contributed by atoms with van der Waals surface area (Å²) in [6.45, 7) is 3.04. The number of nitrogens with one attached hydrogen (secondary N) is 1. The molecule has 0 aliphatic heterocycles. The van der Waals surface area contributed by atoms with Gasteiger partial charge in [0.05, 0.1) is 7.11 Å². The fourth-order valence-electron chi connectivity index (χ4n) is 1.65. The molecule has 21 heavy (non-hydrogen) atoms. The minimum Gasteiger partial charge on any atom is -0.463 e. The molecule has 1 amide bonds. The van der Waals surface area contributed by atoms with Crippen LogP contribution in [0.1, 0.15) is 29.7 Å². The maximum atomic E-state index is 12.1. The molecule has 0 aromatic carbocycles. The molecule has 0 fully saturated rings. The van der Waals surface area contributed by atoms with Gasteiger partial charge in [-0.15, -0.1) is 0 Å². The lowest BCUT2D eigenvalue weighted by molar-refractivity contribution is -0.129. The molecular weight excluding hydrogens is 302 g/mol. The first-order valence-corrected chi connectivity index (χ1v) is 7.53. The van der Waals surface area contributed by atoms with E-state index in [0.29, 0.717) is 6.42 Å². The van der Waals surface area contributed by atoms with Crippen LogP contribution in [0.4, 0.5) is 0 Å². The minimum atomic E-state index is -4.16. The van der Waals surface area contributed by atoms with Crippen LogP contribution in [-0.4, -0.2) is 40.6 Å². The summed E-state index contributed by atoms with van der Waals surface area (Å²) < 4.78 is 40.4. The highest BCUT2D eigenvalue weighted by Gasteiger charge is 2.28. The van der Waals surface area contributed by atoms with Gasteiger partial charge in [-0.2, -0.15) is 0 Å². The molecule has 0 saturated carbocycles. The second-order valence-corrected chi connectivity index (χ2v) is 5.78. The average Bonchev–Trinajstić information content (AvgIpc) is 2.81. The number of hydrogen-bond donors (Lipinski definition) is 1. The molecule has 9 heteroatoms. The first-order chi connectivity index (χ1) is 9.76. The summed E-state index contributed by atoms with van der Waals surface area (Å²) in [7, 11) is -1.71. The molecule has 8 nitrogen and oxygen atoms in total. The molecule has 0 bridgehead atoms. The lowest BCUT2D eigenvalue weighted by Gasteiger charge is -2.12. The zero-order chi connectivity index (χ0) is 16.2. The van der Waals surface area contributed by atoms with Crippen LogP contribution in [-0.2, 0) is 24.3 Å². The van der Waals surface area contributed by atoms with Crippen LogP contribution in [0.5, 0.6) is 0 Å². The Balaban J connectivity index is 3.06. The monoisotopic (exact) mass is 319 g/mol. The average molecular weight is 319 g/mol. The van der Waals surface area contributed by atoms with Gasteiger partial charge in [-0.1, -0.05) is 6.92 Å². The van der Waals surface area contributed by atoms with Crippen molar-refractivity contribution >= 4 is 21.9 Å². The fraction of sp³-hybridized carbons (Fsp3) is 0.500. The van der Waals surface area contributed by atoms with E-state index in [4.69, 9.17) is 9.15 Å². The number of carbonyl (C=O) groups is 2. The van der Waals surface area contributed by atoms with Gasteiger partial charge in [0.15, 0.2) is 0 Å². The number of hydrogen-bond acceptors (Lipinski definition) is 7. The van der Waals surface area contributed by atoms with Crippen molar-refractivity contribution in [2.24, 2.45) is 0 Å². The van der Waals surface area contributed by atoms with E-state index < -0.39 is 28.0 Å². The maximum Gasteiger partial charge on any atom is 0.373 e. The predicted molar refractivity (Wildman–Crippen MR) is 71.2 cm³/mol. The van der Waals surface area contributed by atoms with Crippen molar-refractivity contribution in [1.29, 1.82) is 0 Å². The van der Waals surface area contributed by atoms with E-state index in [9.17, 15) is 18.0 Å². The Hall–Kier alpha value is -1.87. The number of furan rings is 1. The molecule has 1 N–H and O–H groups in total. The van der Waals surface area contributed by atoms with Gasteiger partial charge in [0.25, 0.3) is 15.9 Å². The number of amides is 1. The number of sulfonamides is 1. The number of carbonyl (C=O) groups excluding carboxylic acids is 2. The summed E-state index contributed by atoms with van der Waals surface area (Å²) in [5, 5.41) is 0. The molecule has 1 atom stereocenters. The summed E-state index contributed by atoms with van der Waals surface area (Å²) in [6, 6.07) is 1.00. The zero-order valence-corrected chi connectivity index (χ0v) is 12.9. The molecule has 0 spiro atoms. The number of esters is 1. The van der Waals surface area contributed by atoms with Crippen molar-refractivity contribution in [2.45, 2.75) is 31.3 Å². The normalized spacial score (nSPS) is 12.8. The molecular formula is C12H17NO7S. The zero-order valence-electron chi connectivity index (χ0n) is 12.1. The molecule has 0 aliphatic rings. The van der Waals surface area contributed by atoms with Crippen molar-refractivity contribution < 1.29 is 31.9 Å². The lowest BCUT2D eigenvalue weighted by Crippen LogP contribution is -2.39. The summed E-state index contributed by atoms with van der Waals surface area (Å²) in [5.41, 5.74) is 0. The van der Waals surface area contributed by atoms with E-state index in [1.807, 2.05) is 4.72 Å². The molecule has 0 saturated heterocycles. The molecule has 1 aromatic rings. The molecule has 1 heterocycles. The van der Waals surface area contributed by atoms with Gasteiger partial charge in [-0.3, -0.25) is 4.79 Å². The molecule has 0 radical (unpaired) electrons. The standard InChI is InChI=1S/C12H17NO7S/c1-5-8(18-3)11(14)13-21(16,17)10-6-9(12(15)19-4)20-7(10)2/h6,8H,5H2,1-4H3,(H,13,14). The first kappa shape index (κ1) is 17.2. The quantitative estimate of drug-likeness (QED) is 0.764. The molecule has 1 unspecified atom stereocenters. The highest BCUT2D eigenvalue weighted by molar-refractivity contribution is 7.90. The molecule has 1 rings (SSSR count). The van der Waals surface area contributed by atoms with Crippen LogP contribution >= 0.6 is 0 Å². The predicted octanol–water partition coefficient (Wildman–Crippen LogP) is 0.605. The van der Waals surface area contributed by atoms with Gasteiger partial charge in [0.1, 0.15) is 16.8 Å². The SMILES string of the molecule is CCC(OC)C(=O)NS(=O)(=O)c1cc(C(=O)OC)oc1C. The lowest BCUT2D eigenvalue weighted by atomic mass is 10.3. The van der Waals surface area contributed by atoms with Crippen molar-refractivity contribution in [3.05, 3.63) is 17.6 Å². The summed E-state index contributed by atoms with van der Waals surface area (Å²) in [5.74, 6) is -1.89. The third-order valence-corrected chi connectivity index (χ3v) is 4.19. The first-order valence-electron chi connectivity index (χ1n) is 6.05. The van der Waals surface area contributed by atoms with Crippen molar-refractivity contribution in [3.63, 3.8) is 0 Å². The Morgan fingerprint density at radius 1 is 1.38 bits per heavy atom.